The van der Waals surface area contributed by atoms with E-state index in [1.807, 2.05) is 0 Å². The topological polar surface area (TPSA) is 42.2 Å². The smallest absolute Gasteiger partial charge is 0.0897 e. The quantitative estimate of drug-likeness (QED) is 0.789. The van der Waals surface area contributed by atoms with E-state index in [-0.39, 0.29) is 0 Å². The van der Waals surface area contributed by atoms with E-state index in [0.717, 1.165) is 31.1 Å². The van der Waals surface area contributed by atoms with Crippen LogP contribution in [0, 0.1) is 12.3 Å². The SMILES string of the molecule is Cc1nc(CN(C)CCCC(C)(C)CCN)cs1. The van der Waals surface area contributed by atoms with E-state index in [1.165, 1.54) is 18.5 Å². The van der Waals surface area contributed by atoms with Gasteiger partial charge in [0.1, 0.15) is 0 Å². The summed E-state index contributed by atoms with van der Waals surface area (Å²) in [6.45, 7) is 9.56. The van der Waals surface area contributed by atoms with E-state index >= 15 is 0 Å². The molecule has 0 aliphatic carbocycles. The first kappa shape index (κ1) is 15.6. The number of thiazole rings is 1. The number of hydrogen-bond donors (Lipinski definition) is 1. The van der Waals surface area contributed by atoms with Crippen LogP contribution < -0.4 is 5.73 Å². The molecule has 0 bridgehead atoms. The lowest BCUT2D eigenvalue weighted by molar-refractivity contribution is 0.258. The molecule has 0 spiro atoms. The molecule has 1 rings (SSSR count). The molecule has 0 aliphatic heterocycles. The molecule has 0 saturated heterocycles. The second-order valence-electron chi connectivity index (χ2n) is 5.90. The monoisotopic (exact) mass is 269 g/mol. The van der Waals surface area contributed by atoms with Gasteiger partial charge in [0.2, 0.25) is 0 Å². The highest BCUT2D eigenvalue weighted by atomic mass is 32.1. The van der Waals surface area contributed by atoms with Gasteiger partial charge in [-0.05, 0) is 51.7 Å². The van der Waals surface area contributed by atoms with Crippen LogP contribution in [0.4, 0.5) is 0 Å². The number of nitrogens with two attached hydrogens (primary N) is 1. The third kappa shape index (κ3) is 5.94. The first-order valence-electron chi connectivity index (χ1n) is 6.72. The van der Waals surface area contributed by atoms with Crippen molar-refractivity contribution in [3.63, 3.8) is 0 Å². The van der Waals surface area contributed by atoms with Crippen LogP contribution in [0.2, 0.25) is 0 Å². The van der Waals surface area contributed by atoms with Crippen LogP contribution in [0.5, 0.6) is 0 Å². The molecule has 0 unspecified atom stereocenters. The van der Waals surface area contributed by atoms with Crippen molar-refractivity contribution in [3.05, 3.63) is 16.1 Å². The number of aromatic nitrogens is 1. The van der Waals surface area contributed by atoms with Gasteiger partial charge in [0, 0.05) is 11.9 Å². The number of aryl methyl sites for hydroxylation is 1. The zero-order chi connectivity index (χ0) is 13.6. The van der Waals surface area contributed by atoms with Crippen LogP contribution in [0.25, 0.3) is 0 Å². The van der Waals surface area contributed by atoms with Crippen molar-refractivity contribution in [2.45, 2.75) is 46.6 Å². The Hall–Kier alpha value is -0.450. The third-order valence-corrected chi connectivity index (χ3v) is 4.14. The van der Waals surface area contributed by atoms with Gasteiger partial charge in [-0.1, -0.05) is 13.8 Å². The van der Waals surface area contributed by atoms with Gasteiger partial charge < -0.3 is 10.6 Å². The average Bonchev–Trinajstić information content (AvgIpc) is 2.63. The molecular weight excluding hydrogens is 242 g/mol. The van der Waals surface area contributed by atoms with Gasteiger partial charge in [0.05, 0.1) is 10.7 Å². The standard InChI is InChI=1S/C14H27N3S/c1-12-16-13(11-18-12)10-17(4)9-5-6-14(2,3)7-8-15/h11H,5-10,15H2,1-4H3. The summed E-state index contributed by atoms with van der Waals surface area (Å²) in [6, 6.07) is 0. The minimum Gasteiger partial charge on any atom is -0.330 e. The number of rotatable bonds is 8. The molecule has 2 N–H and O–H groups in total. The molecule has 18 heavy (non-hydrogen) atoms. The molecule has 0 aromatic carbocycles. The van der Waals surface area contributed by atoms with E-state index in [0.29, 0.717) is 5.41 Å². The van der Waals surface area contributed by atoms with E-state index in [1.54, 1.807) is 11.3 Å². The van der Waals surface area contributed by atoms with Crippen molar-refractivity contribution in [3.8, 4) is 0 Å². The van der Waals surface area contributed by atoms with Gasteiger partial charge in [0.15, 0.2) is 0 Å². The zero-order valence-electron chi connectivity index (χ0n) is 12.2. The molecule has 4 heteroatoms. The van der Waals surface area contributed by atoms with Crippen LogP contribution in [0.1, 0.15) is 43.8 Å². The second-order valence-corrected chi connectivity index (χ2v) is 6.96. The fourth-order valence-electron chi connectivity index (χ4n) is 2.18. The van der Waals surface area contributed by atoms with E-state index < -0.39 is 0 Å². The maximum atomic E-state index is 5.63. The fraction of sp³-hybridized carbons (Fsp3) is 0.786. The minimum atomic E-state index is 0.382. The van der Waals surface area contributed by atoms with Crippen molar-refractivity contribution < 1.29 is 0 Å². The van der Waals surface area contributed by atoms with Crippen LogP contribution in [0.15, 0.2) is 5.38 Å². The Morgan fingerprint density at radius 1 is 1.39 bits per heavy atom. The van der Waals surface area contributed by atoms with E-state index in [2.05, 4.69) is 43.1 Å². The lowest BCUT2D eigenvalue weighted by atomic mass is 9.84. The predicted octanol–water partition coefficient (Wildman–Crippen LogP) is 3.04. The fourth-order valence-corrected chi connectivity index (χ4v) is 2.78. The molecule has 1 aromatic rings. The number of nitrogens with zero attached hydrogens (tertiary/aromatic N) is 2. The molecule has 0 atom stereocenters. The third-order valence-electron chi connectivity index (χ3n) is 3.31. The Bertz CT molecular complexity index is 347. The molecular formula is C14H27N3S. The summed E-state index contributed by atoms with van der Waals surface area (Å²) in [6.07, 6.45) is 3.58. The van der Waals surface area contributed by atoms with Crippen molar-refractivity contribution >= 4 is 11.3 Å². The average molecular weight is 269 g/mol. The molecule has 1 heterocycles. The first-order valence-corrected chi connectivity index (χ1v) is 7.60. The Labute approximate surface area is 115 Å². The summed E-state index contributed by atoms with van der Waals surface area (Å²) < 4.78 is 0. The highest BCUT2D eigenvalue weighted by Crippen LogP contribution is 2.25. The lowest BCUT2D eigenvalue weighted by Crippen LogP contribution is -2.22. The molecule has 0 aliphatic rings. The van der Waals surface area contributed by atoms with Crippen molar-refractivity contribution in [2.24, 2.45) is 11.1 Å². The normalized spacial score (nSPS) is 12.3. The summed E-state index contributed by atoms with van der Waals surface area (Å²) in [5.41, 5.74) is 7.21. The van der Waals surface area contributed by atoms with Gasteiger partial charge >= 0.3 is 0 Å². The second kappa shape index (κ2) is 7.22. The highest BCUT2D eigenvalue weighted by molar-refractivity contribution is 7.09. The maximum absolute atomic E-state index is 5.63. The first-order chi connectivity index (χ1) is 8.43. The van der Waals surface area contributed by atoms with Crippen LogP contribution in [-0.4, -0.2) is 30.0 Å². The molecule has 104 valence electrons. The summed E-state index contributed by atoms with van der Waals surface area (Å²) >= 11 is 1.73. The molecule has 0 radical (unpaired) electrons. The molecule has 1 aromatic heterocycles. The van der Waals surface area contributed by atoms with Crippen LogP contribution in [0.3, 0.4) is 0 Å². The van der Waals surface area contributed by atoms with Gasteiger partial charge in [0.25, 0.3) is 0 Å². The van der Waals surface area contributed by atoms with E-state index in [4.69, 9.17) is 5.73 Å². The zero-order valence-corrected chi connectivity index (χ0v) is 13.0. The number of hydrogen-bond acceptors (Lipinski definition) is 4. The molecule has 0 fully saturated rings. The largest absolute Gasteiger partial charge is 0.330 e. The van der Waals surface area contributed by atoms with Gasteiger partial charge in [-0.25, -0.2) is 4.98 Å². The Kier molecular flexibility index (Phi) is 6.26. The van der Waals surface area contributed by atoms with Crippen LogP contribution in [-0.2, 0) is 6.54 Å². The Balaban J connectivity index is 2.23. The molecule has 0 amide bonds. The van der Waals surface area contributed by atoms with Crippen molar-refractivity contribution in [2.75, 3.05) is 20.1 Å². The summed E-state index contributed by atoms with van der Waals surface area (Å²) in [7, 11) is 2.17. The van der Waals surface area contributed by atoms with Gasteiger partial charge in [-0.3, -0.25) is 0 Å². The van der Waals surface area contributed by atoms with Gasteiger partial charge in [-0.2, -0.15) is 0 Å². The van der Waals surface area contributed by atoms with E-state index in [9.17, 15) is 0 Å². The summed E-state index contributed by atoms with van der Waals surface area (Å²) in [5.74, 6) is 0. The summed E-state index contributed by atoms with van der Waals surface area (Å²) in [5, 5.41) is 3.31. The van der Waals surface area contributed by atoms with Gasteiger partial charge in [-0.15, -0.1) is 11.3 Å². The minimum absolute atomic E-state index is 0.382. The predicted molar refractivity (Wildman–Crippen MR) is 79.9 cm³/mol. The molecule has 3 nitrogen and oxygen atoms in total. The van der Waals surface area contributed by atoms with Crippen LogP contribution >= 0.6 is 11.3 Å². The maximum Gasteiger partial charge on any atom is 0.0897 e. The highest BCUT2D eigenvalue weighted by Gasteiger charge is 2.16. The molecule has 0 saturated carbocycles. The summed E-state index contributed by atoms with van der Waals surface area (Å²) in [4.78, 5) is 6.85. The van der Waals surface area contributed by atoms with Crippen molar-refractivity contribution in [1.82, 2.24) is 9.88 Å². The lowest BCUT2D eigenvalue weighted by Gasteiger charge is -2.25. The van der Waals surface area contributed by atoms with Crippen molar-refractivity contribution in [1.29, 1.82) is 0 Å². The Morgan fingerprint density at radius 3 is 2.67 bits per heavy atom. The Morgan fingerprint density at radius 2 is 2.11 bits per heavy atom.